The van der Waals surface area contributed by atoms with E-state index in [1.165, 1.54) is 6.21 Å². The molecule has 9 heteroatoms. The van der Waals surface area contributed by atoms with Crippen molar-refractivity contribution >= 4 is 86.8 Å². The number of halogens is 4. The lowest BCUT2D eigenvalue weighted by molar-refractivity contribution is 0.0929. The highest BCUT2D eigenvalue weighted by Crippen LogP contribution is 2.34. The minimum Gasteiger partial charge on any atom is -0.494 e. The van der Waals surface area contributed by atoms with Crippen LogP contribution in [0.5, 0.6) is 5.75 Å². The van der Waals surface area contributed by atoms with Crippen LogP contribution in [-0.4, -0.2) is 19.2 Å². The molecule has 0 aliphatic carbocycles. The fourth-order valence-corrected chi connectivity index (χ4v) is 5.14. The van der Waals surface area contributed by atoms with Gasteiger partial charge in [0.1, 0.15) is 11.3 Å². The molecular formula is C17H10Br4N2O3. The van der Waals surface area contributed by atoms with Gasteiger partial charge in [-0.3, -0.25) is 4.79 Å². The van der Waals surface area contributed by atoms with Gasteiger partial charge in [0.25, 0.3) is 0 Å². The highest BCUT2D eigenvalue weighted by molar-refractivity contribution is 9.11. The Morgan fingerprint density at radius 2 is 1.77 bits per heavy atom. The average Bonchev–Trinajstić information content (AvgIpc) is 2.99. The van der Waals surface area contributed by atoms with Gasteiger partial charge in [0.2, 0.25) is 0 Å². The van der Waals surface area contributed by atoms with Crippen LogP contribution in [0.1, 0.15) is 16.1 Å². The van der Waals surface area contributed by atoms with Crippen LogP contribution in [-0.2, 0) is 0 Å². The Bertz CT molecular complexity index is 1010. The summed E-state index contributed by atoms with van der Waals surface area (Å²) in [6.45, 7) is 0. The lowest BCUT2D eigenvalue weighted by Crippen LogP contribution is -2.16. The predicted octanol–water partition coefficient (Wildman–Crippen LogP) is 6.26. The molecule has 134 valence electrons. The Labute approximate surface area is 182 Å². The summed E-state index contributed by atoms with van der Waals surface area (Å²) < 4.78 is 14.0. The monoisotopic (exact) mass is 606 g/mol. The number of methoxy groups -OCH3 is 1. The number of carbonyl (C=O) groups excluding carboxylic acids is 1. The molecule has 0 bridgehead atoms. The third kappa shape index (κ3) is 4.21. The number of ether oxygens (including phenoxy) is 1. The number of hydrogen-bond acceptors (Lipinski definition) is 4. The van der Waals surface area contributed by atoms with E-state index in [1.807, 2.05) is 24.3 Å². The van der Waals surface area contributed by atoms with Crippen LogP contribution in [0.15, 0.2) is 57.7 Å². The van der Waals surface area contributed by atoms with Gasteiger partial charge < -0.3 is 9.15 Å². The van der Waals surface area contributed by atoms with E-state index >= 15 is 0 Å². The Balaban J connectivity index is 1.77. The van der Waals surface area contributed by atoms with E-state index in [0.29, 0.717) is 11.3 Å². The molecule has 5 nitrogen and oxygen atoms in total. The molecule has 0 unspecified atom stereocenters. The molecule has 3 rings (SSSR count). The molecule has 1 N–H and O–H groups in total. The van der Waals surface area contributed by atoms with Crippen LogP contribution >= 0.6 is 63.7 Å². The largest absolute Gasteiger partial charge is 0.494 e. The number of benzene rings is 2. The van der Waals surface area contributed by atoms with E-state index in [2.05, 4.69) is 74.2 Å². The summed E-state index contributed by atoms with van der Waals surface area (Å²) in [4.78, 5) is 12.3. The first kappa shape index (κ1) is 19.6. The van der Waals surface area contributed by atoms with Gasteiger partial charge in [-0.2, -0.15) is 5.10 Å². The molecule has 0 atom stereocenters. The number of hydrazone groups is 1. The second-order valence-electron chi connectivity index (χ2n) is 5.13. The second-order valence-corrected chi connectivity index (χ2v) is 8.61. The first-order valence-corrected chi connectivity index (χ1v) is 10.3. The summed E-state index contributed by atoms with van der Waals surface area (Å²) in [5.41, 5.74) is 3.84. The van der Waals surface area contributed by atoms with Crippen LogP contribution in [0.4, 0.5) is 0 Å². The molecule has 0 aliphatic heterocycles. The van der Waals surface area contributed by atoms with Gasteiger partial charge in [-0.05, 0) is 83.7 Å². The van der Waals surface area contributed by atoms with Crippen LogP contribution in [0.25, 0.3) is 11.0 Å². The number of nitrogens with one attached hydrogen (secondary N) is 1. The average molecular weight is 610 g/mol. The molecular weight excluding hydrogens is 600 g/mol. The summed E-state index contributed by atoms with van der Waals surface area (Å²) in [5.74, 6) is 0.422. The lowest BCUT2D eigenvalue weighted by Gasteiger charge is -2.06. The standard InChI is InChI=1S/C17H10Br4N2O3/c1-25-16-11(19)2-8(3-12(16)20)7-22-23-17(24)14-5-9-4-10(18)6-13(21)15(9)26-14/h2-7H,1H3,(H,23,24)/b22-7-. The van der Waals surface area contributed by atoms with Crippen LogP contribution < -0.4 is 10.2 Å². The van der Waals surface area contributed by atoms with Crippen molar-refractivity contribution < 1.29 is 13.9 Å². The fourth-order valence-electron chi connectivity index (χ4n) is 2.26. The predicted molar refractivity (Wildman–Crippen MR) is 115 cm³/mol. The number of hydrogen-bond donors (Lipinski definition) is 1. The van der Waals surface area contributed by atoms with E-state index in [4.69, 9.17) is 9.15 Å². The molecule has 2 aromatic carbocycles. The quantitative estimate of drug-likeness (QED) is 0.281. The van der Waals surface area contributed by atoms with E-state index in [-0.39, 0.29) is 5.76 Å². The Hall–Kier alpha value is -1.16. The third-order valence-electron chi connectivity index (χ3n) is 3.36. The van der Waals surface area contributed by atoms with Crippen LogP contribution in [0, 0.1) is 0 Å². The second kappa shape index (κ2) is 8.24. The summed E-state index contributed by atoms with van der Waals surface area (Å²) in [5, 5.41) is 4.79. The number of nitrogens with zero attached hydrogens (tertiary/aromatic N) is 1. The van der Waals surface area contributed by atoms with Crippen molar-refractivity contribution in [3.63, 3.8) is 0 Å². The first-order valence-electron chi connectivity index (χ1n) is 7.14. The maximum Gasteiger partial charge on any atom is 0.307 e. The maximum absolute atomic E-state index is 12.3. The van der Waals surface area contributed by atoms with E-state index < -0.39 is 5.91 Å². The molecule has 1 aromatic heterocycles. The highest BCUT2D eigenvalue weighted by Gasteiger charge is 2.14. The van der Waals surface area contributed by atoms with Crippen molar-refractivity contribution in [3.8, 4) is 5.75 Å². The molecule has 0 saturated carbocycles. The summed E-state index contributed by atoms with van der Waals surface area (Å²) >= 11 is 13.7. The molecule has 0 radical (unpaired) electrons. The normalized spacial score (nSPS) is 11.3. The molecule has 3 aromatic rings. The minimum absolute atomic E-state index is 0.174. The molecule has 26 heavy (non-hydrogen) atoms. The van der Waals surface area contributed by atoms with Crippen LogP contribution in [0.2, 0.25) is 0 Å². The summed E-state index contributed by atoms with van der Waals surface area (Å²) in [7, 11) is 1.59. The zero-order valence-corrected chi connectivity index (χ0v) is 19.5. The zero-order valence-electron chi connectivity index (χ0n) is 13.1. The minimum atomic E-state index is -0.438. The van der Waals surface area contributed by atoms with E-state index in [1.54, 1.807) is 13.2 Å². The van der Waals surface area contributed by atoms with Gasteiger partial charge in [-0.15, -0.1) is 0 Å². The number of fused-ring (bicyclic) bond motifs is 1. The van der Waals surface area contributed by atoms with Gasteiger partial charge in [0.15, 0.2) is 5.76 Å². The summed E-state index contributed by atoms with van der Waals surface area (Å²) in [6.07, 6.45) is 1.53. The van der Waals surface area contributed by atoms with Crippen molar-refractivity contribution in [1.82, 2.24) is 5.43 Å². The van der Waals surface area contributed by atoms with Gasteiger partial charge in [-0.25, -0.2) is 5.43 Å². The van der Waals surface area contributed by atoms with Gasteiger partial charge in [-0.1, -0.05) is 15.9 Å². The van der Waals surface area contributed by atoms with Crippen molar-refractivity contribution in [3.05, 3.63) is 59.5 Å². The number of furan rings is 1. The van der Waals surface area contributed by atoms with Gasteiger partial charge in [0.05, 0.1) is 26.7 Å². The molecule has 0 saturated heterocycles. The molecule has 0 spiro atoms. The Morgan fingerprint density at radius 1 is 1.08 bits per heavy atom. The molecule has 1 heterocycles. The van der Waals surface area contributed by atoms with Crippen molar-refractivity contribution in [2.75, 3.05) is 7.11 Å². The van der Waals surface area contributed by atoms with Gasteiger partial charge in [0, 0.05) is 9.86 Å². The molecule has 1 amide bonds. The number of carbonyl (C=O) groups is 1. The zero-order chi connectivity index (χ0) is 18.8. The molecule has 0 fully saturated rings. The van der Waals surface area contributed by atoms with E-state index in [0.717, 1.165) is 28.8 Å². The fraction of sp³-hybridized carbons (Fsp3) is 0.0588. The summed E-state index contributed by atoms with van der Waals surface area (Å²) in [6, 6.07) is 9.04. The molecule has 0 aliphatic rings. The topological polar surface area (TPSA) is 63.8 Å². The Kier molecular flexibility index (Phi) is 6.21. The maximum atomic E-state index is 12.3. The number of amides is 1. The van der Waals surface area contributed by atoms with Crippen molar-refractivity contribution in [1.29, 1.82) is 0 Å². The number of rotatable bonds is 4. The van der Waals surface area contributed by atoms with Crippen molar-refractivity contribution in [2.24, 2.45) is 5.10 Å². The SMILES string of the molecule is COc1c(Br)cc(/C=N\NC(=O)c2cc3cc(Br)cc(Br)c3o2)cc1Br. The van der Waals surface area contributed by atoms with E-state index in [9.17, 15) is 4.79 Å². The smallest absolute Gasteiger partial charge is 0.307 e. The first-order chi connectivity index (χ1) is 12.4. The third-order valence-corrected chi connectivity index (χ3v) is 5.59. The Morgan fingerprint density at radius 3 is 2.42 bits per heavy atom. The van der Waals surface area contributed by atoms with Crippen LogP contribution in [0.3, 0.4) is 0 Å². The van der Waals surface area contributed by atoms with Crippen molar-refractivity contribution in [2.45, 2.75) is 0 Å². The van der Waals surface area contributed by atoms with Gasteiger partial charge >= 0.3 is 5.91 Å². The lowest BCUT2D eigenvalue weighted by atomic mass is 10.2. The highest BCUT2D eigenvalue weighted by atomic mass is 79.9.